The Hall–Kier alpha value is -1.30. The van der Waals surface area contributed by atoms with Crippen molar-refractivity contribution in [1.82, 2.24) is 4.90 Å². The molecule has 2 bridgehead atoms. The predicted octanol–water partition coefficient (Wildman–Crippen LogP) is 3.02. The molecule has 1 heterocycles. The fraction of sp³-hybridized carbons (Fsp3) is 0.739. The maximum Gasteiger partial charge on any atom is 0.119 e. The number of anilines is 1. The molecule has 2 aliphatic carbocycles. The minimum Gasteiger partial charge on any atom is -0.497 e. The van der Waals surface area contributed by atoms with Crippen LogP contribution >= 0.6 is 0 Å². The lowest BCUT2D eigenvalue weighted by Gasteiger charge is -2.37. The molecule has 5 nitrogen and oxygen atoms in total. The summed E-state index contributed by atoms with van der Waals surface area (Å²) in [5.41, 5.74) is 1.24. The molecule has 2 saturated carbocycles. The molecule has 1 saturated heterocycles. The Morgan fingerprint density at radius 1 is 1.07 bits per heavy atom. The number of rotatable bonds is 9. The molecule has 1 aromatic carbocycles. The largest absolute Gasteiger partial charge is 0.497 e. The van der Waals surface area contributed by atoms with E-state index < -0.39 is 0 Å². The monoisotopic (exact) mass is 388 g/mol. The lowest BCUT2D eigenvalue weighted by molar-refractivity contribution is 0.0100. The number of aliphatic hydroxyl groups is 1. The highest BCUT2D eigenvalue weighted by molar-refractivity contribution is 5.49. The summed E-state index contributed by atoms with van der Waals surface area (Å²) in [7, 11) is 1.70. The summed E-state index contributed by atoms with van der Waals surface area (Å²) in [4.78, 5) is 4.75. The summed E-state index contributed by atoms with van der Waals surface area (Å²) in [6.07, 6.45) is 6.61. The van der Waals surface area contributed by atoms with Gasteiger partial charge in [0.1, 0.15) is 5.75 Å². The first-order chi connectivity index (χ1) is 13.7. The number of aliphatic hydroxyl groups excluding tert-OH is 1. The van der Waals surface area contributed by atoms with Crippen LogP contribution in [0.5, 0.6) is 5.75 Å². The van der Waals surface area contributed by atoms with Crippen molar-refractivity contribution in [2.45, 2.75) is 38.2 Å². The van der Waals surface area contributed by atoms with Gasteiger partial charge < -0.3 is 19.5 Å². The zero-order chi connectivity index (χ0) is 19.3. The van der Waals surface area contributed by atoms with Crippen molar-refractivity contribution in [3.05, 3.63) is 24.3 Å². The van der Waals surface area contributed by atoms with Gasteiger partial charge in [0, 0.05) is 45.0 Å². The van der Waals surface area contributed by atoms with Crippen LogP contribution in [0.1, 0.15) is 32.1 Å². The lowest BCUT2D eigenvalue weighted by atomic mass is 9.87. The van der Waals surface area contributed by atoms with Crippen molar-refractivity contribution in [3.63, 3.8) is 0 Å². The van der Waals surface area contributed by atoms with Gasteiger partial charge in [0.05, 0.1) is 19.8 Å². The first-order valence-corrected chi connectivity index (χ1v) is 11.1. The van der Waals surface area contributed by atoms with Crippen LogP contribution in [-0.4, -0.2) is 69.2 Å². The smallest absolute Gasteiger partial charge is 0.119 e. The van der Waals surface area contributed by atoms with Crippen LogP contribution < -0.4 is 9.64 Å². The molecule has 0 spiro atoms. The summed E-state index contributed by atoms with van der Waals surface area (Å²) >= 11 is 0. The van der Waals surface area contributed by atoms with Gasteiger partial charge in [0.15, 0.2) is 0 Å². The quantitative estimate of drug-likeness (QED) is 0.659. The summed E-state index contributed by atoms with van der Waals surface area (Å²) in [5, 5.41) is 10.3. The van der Waals surface area contributed by atoms with E-state index in [1.54, 1.807) is 7.11 Å². The lowest BCUT2D eigenvalue weighted by Crippen LogP contribution is -2.49. The van der Waals surface area contributed by atoms with Crippen molar-refractivity contribution >= 4 is 5.69 Å². The molecule has 1 aliphatic heterocycles. The molecular weight excluding hydrogens is 352 g/mol. The number of hydrogen-bond acceptors (Lipinski definition) is 5. The van der Waals surface area contributed by atoms with Crippen LogP contribution in [0.3, 0.4) is 0 Å². The summed E-state index contributed by atoms with van der Waals surface area (Å²) < 4.78 is 11.1. The molecular formula is C23H36N2O3. The minimum absolute atomic E-state index is 0.382. The number of benzene rings is 1. The first-order valence-electron chi connectivity index (χ1n) is 11.1. The van der Waals surface area contributed by atoms with Crippen LogP contribution in [0, 0.1) is 17.8 Å². The zero-order valence-corrected chi connectivity index (χ0v) is 17.3. The Morgan fingerprint density at radius 2 is 1.86 bits per heavy atom. The fourth-order valence-electron chi connectivity index (χ4n) is 5.52. The Morgan fingerprint density at radius 3 is 2.50 bits per heavy atom. The predicted molar refractivity (Wildman–Crippen MR) is 112 cm³/mol. The molecule has 156 valence electrons. The molecule has 1 aromatic rings. The second-order valence-corrected chi connectivity index (χ2v) is 8.94. The van der Waals surface area contributed by atoms with Crippen molar-refractivity contribution < 1.29 is 14.6 Å². The average molecular weight is 389 g/mol. The third kappa shape index (κ3) is 5.00. The molecule has 0 radical (unpaired) electrons. The SMILES string of the molecule is COc1ccc(N2CCN(C[C@H](O)COCC[C@@H]3C[C@@H]4CC[C@@H]3C4)CC2)cc1. The Kier molecular flexibility index (Phi) is 6.76. The highest BCUT2D eigenvalue weighted by Gasteiger charge is 2.38. The van der Waals surface area contributed by atoms with Gasteiger partial charge in [-0.3, -0.25) is 4.90 Å². The standard InChI is InChI=1S/C23H36N2O3/c1-27-23-6-4-21(5-7-23)25-11-9-24(10-12-25)16-22(26)17-28-13-8-20-15-18-2-3-19(20)14-18/h4-7,18-20,22,26H,2-3,8-17H2,1H3/t18-,19-,20-,22+/m1/s1. The molecule has 4 atom stereocenters. The maximum atomic E-state index is 10.3. The Balaban J connectivity index is 1.10. The second kappa shape index (κ2) is 9.47. The van der Waals surface area contributed by atoms with Crippen LogP contribution in [-0.2, 0) is 4.74 Å². The van der Waals surface area contributed by atoms with Gasteiger partial charge in [-0.15, -0.1) is 0 Å². The van der Waals surface area contributed by atoms with E-state index in [1.165, 1.54) is 37.8 Å². The van der Waals surface area contributed by atoms with Crippen molar-refractivity contribution in [2.75, 3.05) is 57.9 Å². The van der Waals surface area contributed by atoms with Crippen LogP contribution in [0.15, 0.2) is 24.3 Å². The van der Waals surface area contributed by atoms with Crippen molar-refractivity contribution in [2.24, 2.45) is 17.8 Å². The van der Waals surface area contributed by atoms with E-state index in [0.717, 1.165) is 56.3 Å². The Labute approximate surface area is 169 Å². The third-order valence-electron chi connectivity index (χ3n) is 7.11. The van der Waals surface area contributed by atoms with E-state index in [9.17, 15) is 5.11 Å². The molecule has 4 rings (SSSR count). The number of fused-ring (bicyclic) bond motifs is 2. The molecule has 5 heteroatoms. The molecule has 0 amide bonds. The minimum atomic E-state index is -0.382. The number of hydrogen-bond donors (Lipinski definition) is 1. The average Bonchev–Trinajstić information content (AvgIpc) is 3.35. The molecule has 0 aromatic heterocycles. The number of piperazine rings is 1. The van der Waals surface area contributed by atoms with E-state index in [-0.39, 0.29) is 6.10 Å². The van der Waals surface area contributed by atoms with E-state index in [4.69, 9.17) is 9.47 Å². The number of β-amino-alcohol motifs (C(OH)–C–C–N with tert-alkyl or cyclic N) is 1. The van der Waals surface area contributed by atoms with Gasteiger partial charge >= 0.3 is 0 Å². The second-order valence-electron chi connectivity index (χ2n) is 8.94. The Bertz CT molecular complexity index is 600. The first kappa shape index (κ1) is 20.0. The zero-order valence-electron chi connectivity index (χ0n) is 17.3. The summed E-state index contributed by atoms with van der Waals surface area (Å²) in [5.74, 6) is 3.77. The van der Waals surface area contributed by atoms with E-state index >= 15 is 0 Å². The van der Waals surface area contributed by atoms with Crippen LogP contribution in [0.2, 0.25) is 0 Å². The summed E-state index contributed by atoms with van der Waals surface area (Å²) in [6, 6.07) is 8.26. The van der Waals surface area contributed by atoms with E-state index in [2.05, 4.69) is 21.9 Å². The molecule has 3 aliphatic rings. The topological polar surface area (TPSA) is 45.2 Å². The van der Waals surface area contributed by atoms with Gasteiger partial charge in [-0.1, -0.05) is 6.42 Å². The van der Waals surface area contributed by atoms with Crippen molar-refractivity contribution in [1.29, 1.82) is 0 Å². The van der Waals surface area contributed by atoms with Crippen molar-refractivity contribution in [3.8, 4) is 5.75 Å². The number of nitrogens with zero attached hydrogens (tertiary/aromatic N) is 2. The maximum absolute atomic E-state index is 10.3. The molecule has 28 heavy (non-hydrogen) atoms. The molecule has 0 unspecified atom stereocenters. The number of ether oxygens (including phenoxy) is 2. The normalized spacial score (nSPS) is 28.6. The van der Waals surface area contributed by atoms with Gasteiger partial charge in [-0.05, 0) is 67.7 Å². The highest BCUT2D eigenvalue weighted by atomic mass is 16.5. The van der Waals surface area contributed by atoms with E-state index in [1.807, 2.05) is 12.1 Å². The summed E-state index contributed by atoms with van der Waals surface area (Å²) in [6.45, 7) is 5.94. The fourth-order valence-corrected chi connectivity index (χ4v) is 5.52. The van der Waals surface area contributed by atoms with E-state index in [0.29, 0.717) is 13.2 Å². The van der Waals surface area contributed by atoms with Gasteiger partial charge in [-0.2, -0.15) is 0 Å². The number of methoxy groups -OCH3 is 1. The third-order valence-corrected chi connectivity index (χ3v) is 7.11. The van der Waals surface area contributed by atoms with Gasteiger partial charge in [0.2, 0.25) is 0 Å². The highest BCUT2D eigenvalue weighted by Crippen LogP contribution is 2.49. The van der Waals surface area contributed by atoms with Crippen LogP contribution in [0.25, 0.3) is 0 Å². The molecule has 1 N–H and O–H groups in total. The molecule has 3 fully saturated rings. The van der Waals surface area contributed by atoms with Gasteiger partial charge in [-0.25, -0.2) is 0 Å². The van der Waals surface area contributed by atoms with Gasteiger partial charge in [0.25, 0.3) is 0 Å². The van der Waals surface area contributed by atoms with Crippen LogP contribution in [0.4, 0.5) is 5.69 Å².